The number of piperidine rings is 1. The summed E-state index contributed by atoms with van der Waals surface area (Å²) in [6.45, 7) is 8.16. The topological polar surface area (TPSA) is 66.8 Å². The van der Waals surface area contributed by atoms with Gasteiger partial charge in [0.25, 0.3) is 0 Å². The maximum absolute atomic E-state index is 11.8. The number of ether oxygens (including phenoxy) is 1. The average Bonchev–Trinajstić information content (AvgIpc) is 2.13. The van der Waals surface area contributed by atoms with Crippen LogP contribution in [0.15, 0.2) is 0 Å². The van der Waals surface area contributed by atoms with Crippen molar-refractivity contribution in [3.05, 3.63) is 0 Å². The molecule has 1 heterocycles. The quantitative estimate of drug-likeness (QED) is 0.764. The number of carboxylic acid groups (broad SMARTS) is 1. The van der Waals surface area contributed by atoms with Crippen molar-refractivity contribution in [2.45, 2.75) is 39.7 Å². The molecule has 5 heteroatoms. The maximum Gasteiger partial charge on any atom is 0.410 e. The smallest absolute Gasteiger partial charge is 0.410 e. The van der Waals surface area contributed by atoms with Crippen LogP contribution in [0.25, 0.3) is 0 Å². The summed E-state index contributed by atoms with van der Waals surface area (Å²) in [5.41, 5.74) is -0.545. The van der Waals surface area contributed by atoms with Gasteiger partial charge in [-0.3, -0.25) is 4.79 Å². The van der Waals surface area contributed by atoms with Gasteiger partial charge in [-0.15, -0.1) is 0 Å². The third kappa shape index (κ3) is 4.24. The molecule has 0 aliphatic carbocycles. The fourth-order valence-corrected chi connectivity index (χ4v) is 2.01. The van der Waals surface area contributed by atoms with Crippen LogP contribution in [0.2, 0.25) is 0 Å². The Morgan fingerprint density at radius 1 is 1.29 bits per heavy atom. The summed E-state index contributed by atoms with van der Waals surface area (Å²) in [6, 6.07) is 0. The van der Waals surface area contributed by atoms with Crippen LogP contribution in [0, 0.1) is 11.8 Å². The monoisotopic (exact) mass is 243 g/mol. The van der Waals surface area contributed by atoms with Crippen LogP contribution < -0.4 is 0 Å². The standard InChI is InChI=1S/C12H21NO4/c1-8-5-9(10(14)15)7-13(6-8)11(16)17-12(2,3)4/h8-9H,5-7H2,1-4H3,(H,14,15). The SMILES string of the molecule is CC1CC(C(=O)O)CN(C(=O)OC(C)(C)C)C1. The molecule has 5 nitrogen and oxygen atoms in total. The highest BCUT2D eigenvalue weighted by atomic mass is 16.6. The molecule has 2 unspecified atom stereocenters. The Kier molecular flexibility index (Phi) is 4.01. The van der Waals surface area contributed by atoms with Gasteiger partial charge in [-0.1, -0.05) is 6.92 Å². The van der Waals surface area contributed by atoms with Gasteiger partial charge in [0, 0.05) is 13.1 Å². The van der Waals surface area contributed by atoms with Gasteiger partial charge in [-0.2, -0.15) is 0 Å². The average molecular weight is 243 g/mol. The van der Waals surface area contributed by atoms with E-state index in [1.165, 1.54) is 4.90 Å². The van der Waals surface area contributed by atoms with Crippen LogP contribution in [-0.4, -0.2) is 40.8 Å². The molecule has 0 spiro atoms. The zero-order chi connectivity index (χ0) is 13.2. The Morgan fingerprint density at radius 3 is 2.35 bits per heavy atom. The summed E-state index contributed by atoms with van der Waals surface area (Å²) in [5.74, 6) is -1.13. The summed E-state index contributed by atoms with van der Waals surface area (Å²) in [7, 11) is 0. The van der Waals surface area contributed by atoms with E-state index in [2.05, 4.69) is 0 Å². The number of hydrogen-bond donors (Lipinski definition) is 1. The predicted octanol–water partition coefficient (Wildman–Crippen LogP) is 1.96. The van der Waals surface area contributed by atoms with Gasteiger partial charge in [0.05, 0.1) is 5.92 Å². The van der Waals surface area contributed by atoms with Crippen LogP contribution in [0.5, 0.6) is 0 Å². The lowest BCUT2D eigenvalue weighted by molar-refractivity contribution is -0.144. The van der Waals surface area contributed by atoms with E-state index in [0.717, 1.165) is 0 Å². The number of aliphatic carboxylic acids is 1. The Labute approximate surface area is 102 Å². The lowest BCUT2D eigenvalue weighted by Gasteiger charge is -2.35. The lowest BCUT2D eigenvalue weighted by Crippen LogP contribution is -2.47. The van der Waals surface area contributed by atoms with Gasteiger partial charge >= 0.3 is 12.1 Å². The van der Waals surface area contributed by atoms with Gasteiger partial charge in [0.1, 0.15) is 5.60 Å². The number of carbonyl (C=O) groups is 2. The molecule has 1 N–H and O–H groups in total. The molecule has 0 aromatic rings. The molecular formula is C12H21NO4. The van der Waals surface area contributed by atoms with Gasteiger partial charge in [-0.25, -0.2) is 4.79 Å². The number of amides is 1. The molecule has 1 saturated heterocycles. The summed E-state index contributed by atoms with van der Waals surface area (Å²) >= 11 is 0. The fraction of sp³-hybridized carbons (Fsp3) is 0.833. The molecule has 1 fully saturated rings. The van der Waals surface area contributed by atoms with Gasteiger partial charge in [0.15, 0.2) is 0 Å². The van der Waals surface area contributed by atoms with Crippen molar-refractivity contribution in [1.82, 2.24) is 4.90 Å². The minimum Gasteiger partial charge on any atom is -0.481 e. The largest absolute Gasteiger partial charge is 0.481 e. The molecule has 0 saturated carbocycles. The molecule has 1 aliphatic rings. The molecule has 0 bridgehead atoms. The number of carbonyl (C=O) groups excluding carboxylic acids is 1. The van der Waals surface area contributed by atoms with E-state index in [1.807, 2.05) is 6.92 Å². The number of likely N-dealkylation sites (tertiary alicyclic amines) is 1. The molecule has 1 amide bonds. The maximum atomic E-state index is 11.8. The highest BCUT2D eigenvalue weighted by Crippen LogP contribution is 2.23. The molecule has 0 aromatic heterocycles. The molecule has 17 heavy (non-hydrogen) atoms. The zero-order valence-electron chi connectivity index (χ0n) is 10.9. The van der Waals surface area contributed by atoms with Gasteiger partial charge in [0.2, 0.25) is 0 Å². The summed E-state index contributed by atoms with van der Waals surface area (Å²) in [6.07, 6.45) is 0.199. The van der Waals surface area contributed by atoms with Crippen molar-refractivity contribution in [3.63, 3.8) is 0 Å². The Hall–Kier alpha value is -1.26. The number of carboxylic acids is 1. The van der Waals surface area contributed by atoms with E-state index in [4.69, 9.17) is 9.84 Å². The van der Waals surface area contributed by atoms with Gasteiger partial charge in [-0.05, 0) is 33.1 Å². The summed E-state index contributed by atoms with van der Waals surface area (Å²) in [5, 5.41) is 9.01. The van der Waals surface area contributed by atoms with Crippen LogP contribution in [0.3, 0.4) is 0 Å². The first-order chi connectivity index (χ1) is 7.69. The second-order valence-electron chi connectivity index (χ2n) is 5.76. The molecule has 1 aliphatic heterocycles. The van der Waals surface area contributed by atoms with Gasteiger partial charge < -0.3 is 14.7 Å². The van der Waals surface area contributed by atoms with Crippen LogP contribution >= 0.6 is 0 Å². The van der Waals surface area contributed by atoms with Crippen molar-refractivity contribution in [2.75, 3.05) is 13.1 Å². The van der Waals surface area contributed by atoms with E-state index in [1.54, 1.807) is 20.8 Å². The van der Waals surface area contributed by atoms with Crippen molar-refractivity contribution >= 4 is 12.1 Å². The summed E-state index contributed by atoms with van der Waals surface area (Å²) < 4.78 is 5.25. The highest BCUT2D eigenvalue weighted by Gasteiger charge is 2.33. The minimum absolute atomic E-state index is 0.192. The number of rotatable bonds is 1. The van der Waals surface area contributed by atoms with E-state index >= 15 is 0 Å². The highest BCUT2D eigenvalue weighted by molar-refractivity contribution is 5.73. The first-order valence-corrected chi connectivity index (χ1v) is 5.90. The third-order valence-corrected chi connectivity index (χ3v) is 2.66. The first kappa shape index (κ1) is 13.8. The first-order valence-electron chi connectivity index (χ1n) is 5.90. The summed E-state index contributed by atoms with van der Waals surface area (Å²) in [4.78, 5) is 24.3. The van der Waals surface area contributed by atoms with Crippen LogP contribution in [0.4, 0.5) is 4.79 Å². The second-order valence-corrected chi connectivity index (χ2v) is 5.76. The lowest BCUT2D eigenvalue weighted by atomic mass is 9.91. The predicted molar refractivity (Wildman–Crippen MR) is 62.7 cm³/mol. The normalized spacial score (nSPS) is 25.5. The number of nitrogens with zero attached hydrogens (tertiary/aromatic N) is 1. The van der Waals surface area contributed by atoms with Crippen LogP contribution in [0.1, 0.15) is 34.1 Å². The van der Waals surface area contributed by atoms with Crippen LogP contribution in [-0.2, 0) is 9.53 Å². The Balaban J connectivity index is 2.64. The van der Waals surface area contributed by atoms with E-state index in [9.17, 15) is 9.59 Å². The second kappa shape index (κ2) is 4.94. The van der Waals surface area contributed by atoms with E-state index < -0.39 is 23.6 Å². The fourth-order valence-electron chi connectivity index (χ4n) is 2.01. The zero-order valence-corrected chi connectivity index (χ0v) is 10.9. The molecule has 2 atom stereocenters. The van der Waals surface area contributed by atoms with Crippen molar-refractivity contribution in [1.29, 1.82) is 0 Å². The van der Waals surface area contributed by atoms with E-state index in [0.29, 0.717) is 13.0 Å². The molecule has 0 aromatic carbocycles. The van der Waals surface area contributed by atoms with Crippen molar-refractivity contribution in [3.8, 4) is 0 Å². The minimum atomic E-state index is -0.842. The molecule has 1 rings (SSSR count). The van der Waals surface area contributed by atoms with Crippen molar-refractivity contribution in [2.24, 2.45) is 11.8 Å². The Bertz CT molecular complexity index is 308. The molecular weight excluding hydrogens is 222 g/mol. The number of hydrogen-bond acceptors (Lipinski definition) is 3. The van der Waals surface area contributed by atoms with Crippen molar-refractivity contribution < 1.29 is 19.4 Å². The third-order valence-electron chi connectivity index (χ3n) is 2.66. The Morgan fingerprint density at radius 2 is 1.88 bits per heavy atom. The molecule has 98 valence electrons. The van der Waals surface area contributed by atoms with E-state index in [-0.39, 0.29) is 12.5 Å². The molecule has 0 radical (unpaired) electrons.